The number of nitrogens with zero attached hydrogens (tertiary/aromatic N) is 1. The van der Waals surface area contributed by atoms with Crippen molar-refractivity contribution in [3.63, 3.8) is 0 Å². The first-order valence-electron chi connectivity index (χ1n) is 8.44. The van der Waals surface area contributed by atoms with E-state index >= 15 is 0 Å². The lowest BCUT2D eigenvalue weighted by Gasteiger charge is -2.33. The highest BCUT2D eigenvalue weighted by atomic mass is 16.5. The fourth-order valence-corrected chi connectivity index (χ4v) is 2.84. The minimum Gasteiger partial charge on any atom is -0.469 e. The van der Waals surface area contributed by atoms with Gasteiger partial charge in [0.15, 0.2) is 0 Å². The van der Waals surface area contributed by atoms with E-state index in [1.807, 2.05) is 13.0 Å². The molecule has 0 spiro atoms. The molecular weight excluding hydrogens is 320 g/mol. The van der Waals surface area contributed by atoms with E-state index in [9.17, 15) is 9.59 Å². The summed E-state index contributed by atoms with van der Waals surface area (Å²) in [5, 5.41) is 2.84. The summed E-state index contributed by atoms with van der Waals surface area (Å²) in [7, 11) is 0. The maximum Gasteiger partial charge on any atom is 0.254 e. The lowest BCUT2D eigenvalue weighted by atomic mass is 10.1. The summed E-state index contributed by atoms with van der Waals surface area (Å²) >= 11 is 0. The molecule has 6 heteroatoms. The van der Waals surface area contributed by atoms with E-state index in [-0.39, 0.29) is 17.9 Å². The van der Waals surface area contributed by atoms with Crippen LogP contribution in [0.15, 0.2) is 47.1 Å². The van der Waals surface area contributed by atoms with Gasteiger partial charge in [-0.25, -0.2) is 0 Å². The van der Waals surface area contributed by atoms with Crippen LogP contribution < -0.4 is 5.32 Å². The number of nitrogens with one attached hydrogen (secondary N) is 1. The molecule has 1 aromatic carbocycles. The molecule has 0 aliphatic carbocycles. The maximum absolute atomic E-state index is 12.7. The van der Waals surface area contributed by atoms with Crippen molar-refractivity contribution in [1.29, 1.82) is 0 Å². The number of carbonyl (C=O) groups is 2. The van der Waals surface area contributed by atoms with Crippen LogP contribution in [0.2, 0.25) is 0 Å². The smallest absolute Gasteiger partial charge is 0.254 e. The van der Waals surface area contributed by atoms with E-state index in [0.29, 0.717) is 43.9 Å². The first-order valence-corrected chi connectivity index (χ1v) is 8.44. The standard InChI is InChI=1S/C19H22N2O4/c1-14-13-24-11-9-21(14)19(23)15-4-2-5-16(12-15)20-18(22)8-7-17-6-3-10-25-17/h2-6,10,12,14H,7-9,11,13H2,1H3,(H,20,22). The fourth-order valence-electron chi connectivity index (χ4n) is 2.84. The van der Waals surface area contributed by atoms with Gasteiger partial charge in [0, 0.05) is 30.6 Å². The van der Waals surface area contributed by atoms with Gasteiger partial charge in [0.1, 0.15) is 5.76 Å². The highest BCUT2D eigenvalue weighted by Gasteiger charge is 2.24. The van der Waals surface area contributed by atoms with Gasteiger partial charge in [0.25, 0.3) is 5.91 Å². The Bertz CT molecular complexity index is 727. The number of morpholine rings is 1. The second-order valence-electron chi connectivity index (χ2n) is 6.13. The highest BCUT2D eigenvalue weighted by molar-refractivity contribution is 5.97. The molecule has 1 fully saturated rings. The van der Waals surface area contributed by atoms with Crippen LogP contribution in [-0.4, -0.2) is 42.5 Å². The van der Waals surface area contributed by atoms with Crippen LogP contribution in [0.5, 0.6) is 0 Å². The summed E-state index contributed by atoms with van der Waals surface area (Å²) in [6, 6.07) is 10.7. The molecule has 3 rings (SSSR count). The van der Waals surface area contributed by atoms with Crippen molar-refractivity contribution in [2.24, 2.45) is 0 Å². The number of hydrogen-bond donors (Lipinski definition) is 1. The minimum atomic E-state index is -0.110. The zero-order chi connectivity index (χ0) is 17.6. The van der Waals surface area contributed by atoms with Crippen LogP contribution in [0.4, 0.5) is 5.69 Å². The number of aryl methyl sites for hydroxylation is 1. The lowest BCUT2D eigenvalue weighted by Crippen LogP contribution is -2.47. The number of amides is 2. The topological polar surface area (TPSA) is 71.8 Å². The number of hydrogen-bond acceptors (Lipinski definition) is 4. The molecule has 1 unspecified atom stereocenters. The van der Waals surface area contributed by atoms with E-state index in [0.717, 1.165) is 5.76 Å². The molecule has 1 saturated heterocycles. The third-order valence-corrected chi connectivity index (χ3v) is 4.20. The van der Waals surface area contributed by atoms with Crippen LogP contribution in [0, 0.1) is 0 Å². The predicted octanol–water partition coefficient (Wildman–Crippen LogP) is 2.71. The summed E-state index contributed by atoms with van der Waals surface area (Å²) in [6.45, 7) is 3.66. The SMILES string of the molecule is CC1COCCN1C(=O)c1cccc(NC(=O)CCc2ccco2)c1. The van der Waals surface area contributed by atoms with Gasteiger partial charge in [0.05, 0.1) is 25.5 Å². The number of carbonyl (C=O) groups excluding carboxylic acids is 2. The van der Waals surface area contributed by atoms with E-state index in [1.165, 1.54) is 0 Å². The molecule has 1 N–H and O–H groups in total. The molecule has 1 aromatic heterocycles. The second-order valence-corrected chi connectivity index (χ2v) is 6.13. The molecule has 1 aliphatic rings. The molecule has 0 radical (unpaired) electrons. The highest BCUT2D eigenvalue weighted by Crippen LogP contribution is 2.16. The van der Waals surface area contributed by atoms with Gasteiger partial charge in [-0.3, -0.25) is 9.59 Å². The van der Waals surface area contributed by atoms with Crippen LogP contribution in [0.25, 0.3) is 0 Å². The van der Waals surface area contributed by atoms with Crippen molar-refractivity contribution < 1.29 is 18.7 Å². The monoisotopic (exact) mass is 342 g/mol. The third kappa shape index (κ3) is 4.48. The Hall–Kier alpha value is -2.60. The van der Waals surface area contributed by atoms with E-state index in [1.54, 1.807) is 41.5 Å². The number of ether oxygens (including phenoxy) is 1. The quantitative estimate of drug-likeness (QED) is 0.907. The molecule has 2 heterocycles. The number of rotatable bonds is 5. The molecular formula is C19H22N2O4. The van der Waals surface area contributed by atoms with E-state index in [2.05, 4.69) is 5.32 Å². The summed E-state index contributed by atoms with van der Waals surface area (Å²) < 4.78 is 10.6. The normalized spacial score (nSPS) is 17.3. The Labute approximate surface area is 146 Å². The summed E-state index contributed by atoms with van der Waals surface area (Å²) in [6.07, 6.45) is 2.46. The van der Waals surface area contributed by atoms with Crippen molar-refractivity contribution in [3.8, 4) is 0 Å². The Kier molecular flexibility index (Phi) is 5.50. The largest absolute Gasteiger partial charge is 0.469 e. The molecule has 1 aliphatic heterocycles. The first-order chi connectivity index (χ1) is 12.1. The van der Waals surface area contributed by atoms with Crippen LogP contribution in [-0.2, 0) is 16.0 Å². The summed E-state index contributed by atoms with van der Waals surface area (Å²) in [4.78, 5) is 26.6. The minimum absolute atomic E-state index is 0.0394. The van der Waals surface area contributed by atoms with Crippen LogP contribution in [0.3, 0.4) is 0 Å². The summed E-state index contributed by atoms with van der Waals surface area (Å²) in [5.74, 6) is 0.628. The zero-order valence-corrected chi connectivity index (χ0v) is 14.2. The molecule has 0 bridgehead atoms. The average molecular weight is 342 g/mol. The van der Waals surface area contributed by atoms with Crippen molar-refractivity contribution in [2.75, 3.05) is 25.1 Å². The number of anilines is 1. The lowest BCUT2D eigenvalue weighted by molar-refractivity contribution is -0.116. The van der Waals surface area contributed by atoms with E-state index < -0.39 is 0 Å². The van der Waals surface area contributed by atoms with Gasteiger partial charge in [-0.1, -0.05) is 6.07 Å². The van der Waals surface area contributed by atoms with Gasteiger partial charge in [-0.2, -0.15) is 0 Å². The Morgan fingerprint density at radius 2 is 2.16 bits per heavy atom. The number of furan rings is 1. The van der Waals surface area contributed by atoms with Crippen molar-refractivity contribution in [2.45, 2.75) is 25.8 Å². The van der Waals surface area contributed by atoms with Gasteiger partial charge in [-0.15, -0.1) is 0 Å². The Balaban J connectivity index is 1.60. The Morgan fingerprint density at radius 1 is 1.28 bits per heavy atom. The van der Waals surface area contributed by atoms with Crippen LogP contribution in [0.1, 0.15) is 29.5 Å². The summed E-state index contributed by atoms with van der Waals surface area (Å²) in [5.41, 5.74) is 1.19. The molecule has 0 saturated carbocycles. The van der Waals surface area contributed by atoms with Gasteiger partial charge < -0.3 is 19.4 Å². The third-order valence-electron chi connectivity index (χ3n) is 4.20. The molecule has 25 heavy (non-hydrogen) atoms. The van der Waals surface area contributed by atoms with Crippen molar-refractivity contribution >= 4 is 17.5 Å². The first kappa shape index (κ1) is 17.2. The molecule has 2 amide bonds. The fraction of sp³-hybridized carbons (Fsp3) is 0.368. The second kappa shape index (κ2) is 7.98. The van der Waals surface area contributed by atoms with Gasteiger partial charge in [0.2, 0.25) is 5.91 Å². The molecule has 1 atom stereocenters. The number of benzene rings is 1. The average Bonchev–Trinajstić information content (AvgIpc) is 3.14. The predicted molar refractivity (Wildman–Crippen MR) is 93.4 cm³/mol. The van der Waals surface area contributed by atoms with Crippen LogP contribution >= 0.6 is 0 Å². The van der Waals surface area contributed by atoms with Crippen molar-refractivity contribution in [3.05, 3.63) is 54.0 Å². The maximum atomic E-state index is 12.7. The zero-order valence-electron chi connectivity index (χ0n) is 14.2. The molecule has 132 valence electrons. The Morgan fingerprint density at radius 3 is 2.92 bits per heavy atom. The molecule has 2 aromatic rings. The van der Waals surface area contributed by atoms with Gasteiger partial charge in [-0.05, 0) is 37.3 Å². The van der Waals surface area contributed by atoms with Gasteiger partial charge >= 0.3 is 0 Å². The van der Waals surface area contributed by atoms with E-state index in [4.69, 9.17) is 9.15 Å². The molecule has 6 nitrogen and oxygen atoms in total. The van der Waals surface area contributed by atoms with Crippen molar-refractivity contribution in [1.82, 2.24) is 4.90 Å².